The second-order valence-electron chi connectivity index (χ2n) is 3.64. The highest BCUT2D eigenvalue weighted by molar-refractivity contribution is 5.95. The standard InChI is InChI=1S/C12H12N2O2/c1-14-7-8(2-5-12(15)16)10-6-9(13)3-4-11(10)14/h2-7H,13H2,1H3,(H,15,16)/b5-2-. The molecule has 0 atom stereocenters. The zero-order valence-electron chi connectivity index (χ0n) is 8.84. The van der Waals surface area contributed by atoms with Crippen molar-refractivity contribution in [3.05, 3.63) is 36.0 Å². The lowest BCUT2D eigenvalue weighted by atomic mass is 10.1. The number of fused-ring (bicyclic) bond motifs is 1. The van der Waals surface area contributed by atoms with E-state index in [1.54, 1.807) is 6.08 Å². The molecule has 0 fully saturated rings. The van der Waals surface area contributed by atoms with Gasteiger partial charge in [0.1, 0.15) is 0 Å². The quantitative estimate of drug-likeness (QED) is 0.594. The highest BCUT2D eigenvalue weighted by Gasteiger charge is 2.04. The highest BCUT2D eigenvalue weighted by Crippen LogP contribution is 2.23. The molecule has 1 heterocycles. The van der Waals surface area contributed by atoms with Gasteiger partial charge >= 0.3 is 5.97 Å². The summed E-state index contributed by atoms with van der Waals surface area (Å²) in [5, 5.41) is 9.55. The Bertz CT molecular complexity index is 582. The van der Waals surface area contributed by atoms with Gasteiger partial charge in [-0.15, -0.1) is 0 Å². The van der Waals surface area contributed by atoms with Crippen molar-refractivity contribution in [3.8, 4) is 0 Å². The van der Waals surface area contributed by atoms with Gasteiger partial charge < -0.3 is 15.4 Å². The molecule has 0 saturated heterocycles. The highest BCUT2D eigenvalue weighted by atomic mass is 16.4. The van der Waals surface area contributed by atoms with Gasteiger partial charge in [-0.3, -0.25) is 0 Å². The molecule has 3 N–H and O–H groups in total. The molecule has 0 aliphatic rings. The molecule has 2 aromatic rings. The fourth-order valence-electron chi connectivity index (χ4n) is 1.73. The summed E-state index contributed by atoms with van der Waals surface area (Å²) in [7, 11) is 1.91. The molecule has 1 aromatic heterocycles. The Morgan fingerprint density at radius 2 is 2.25 bits per heavy atom. The summed E-state index contributed by atoms with van der Waals surface area (Å²) < 4.78 is 1.94. The van der Waals surface area contributed by atoms with Crippen molar-refractivity contribution in [3.63, 3.8) is 0 Å². The Morgan fingerprint density at radius 1 is 1.50 bits per heavy atom. The zero-order valence-corrected chi connectivity index (χ0v) is 8.84. The number of rotatable bonds is 2. The number of anilines is 1. The average Bonchev–Trinajstić information content (AvgIpc) is 2.52. The average molecular weight is 216 g/mol. The number of carboxylic acids is 1. The molecule has 0 bridgehead atoms. The molecule has 0 radical (unpaired) electrons. The number of benzene rings is 1. The molecule has 0 amide bonds. The molecule has 0 spiro atoms. The van der Waals surface area contributed by atoms with Gasteiger partial charge in [0, 0.05) is 41.5 Å². The minimum Gasteiger partial charge on any atom is -0.478 e. The maximum atomic E-state index is 10.5. The van der Waals surface area contributed by atoms with Crippen LogP contribution in [0.25, 0.3) is 17.0 Å². The molecule has 1 aromatic carbocycles. The van der Waals surface area contributed by atoms with E-state index in [0.29, 0.717) is 5.69 Å². The smallest absolute Gasteiger partial charge is 0.328 e. The minimum absolute atomic E-state index is 0.670. The van der Waals surface area contributed by atoms with Gasteiger partial charge in [-0.25, -0.2) is 4.79 Å². The first-order chi connectivity index (χ1) is 7.58. The first-order valence-electron chi connectivity index (χ1n) is 4.83. The van der Waals surface area contributed by atoms with Crippen molar-refractivity contribution in [2.45, 2.75) is 0 Å². The number of nitrogens with two attached hydrogens (primary N) is 1. The summed E-state index contributed by atoms with van der Waals surface area (Å²) in [6.07, 6.45) is 4.58. The molecule has 2 rings (SSSR count). The monoisotopic (exact) mass is 216 g/mol. The fourth-order valence-corrected chi connectivity index (χ4v) is 1.73. The van der Waals surface area contributed by atoms with Crippen molar-refractivity contribution < 1.29 is 9.90 Å². The minimum atomic E-state index is -0.957. The number of aromatic nitrogens is 1. The molecule has 16 heavy (non-hydrogen) atoms. The summed E-state index contributed by atoms with van der Waals surface area (Å²) in [5.41, 5.74) is 8.26. The van der Waals surface area contributed by atoms with Crippen LogP contribution in [0.1, 0.15) is 5.56 Å². The molecule has 4 heteroatoms. The SMILES string of the molecule is Cn1cc(/C=C\C(=O)O)c2cc(N)ccc21. The van der Waals surface area contributed by atoms with Gasteiger partial charge in [-0.05, 0) is 24.3 Å². The fraction of sp³-hybridized carbons (Fsp3) is 0.0833. The third-order valence-electron chi connectivity index (χ3n) is 2.45. The van der Waals surface area contributed by atoms with Crippen LogP contribution in [0, 0.1) is 0 Å². The normalized spacial score (nSPS) is 11.3. The predicted molar refractivity (Wildman–Crippen MR) is 64.0 cm³/mol. The van der Waals surface area contributed by atoms with Gasteiger partial charge in [0.25, 0.3) is 0 Å². The lowest BCUT2D eigenvalue weighted by Crippen LogP contribution is -1.86. The third-order valence-corrected chi connectivity index (χ3v) is 2.45. The number of nitrogens with zero attached hydrogens (tertiary/aromatic N) is 1. The number of nitrogen functional groups attached to an aromatic ring is 1. The second-order valence-corrected chi connectivity index (χ2v) is 3.64. The van der Waals surface area contributed by atoms with Gasteiger partial charge in [-0.1, -0.05) is 0 Å². The lowest BCUT2D eigenvalue weighted by Gasteiger charge is -1.96. The van der Waals surface area contributed by atoms with Crippen LogP contribution in [-0.2, 0) is 11.8 Å². The molecule has 4 nitrogen and oxygen atoms in total. The topological polar surface area (TPSA) is 68.2 Å². The van der Waals surface area contributed by atoms with Gasteiger partial charge in [0.05, 0.1) is 0 Å². The zero-order chi connectivity index (χ0) is 11.7. The van der Waals surface area contributed by atoms with Crippen LogP contribution in [0.4, 0.5) is 5.69 Å². The van der Waals surface area contributed by atoms with Crippen molar-refractivity contribution in [1.29, 1.82) is 0 Å². The number of aryl methyl sites for hydroxylation is 1. The van der Waals surface area contributed by atoms with Crippen molar-refractivity contribution in [2.24, 2.45) is 7.05 Å². The van der Waals surface area contributed by atoms with Crippen LogP contribution in [-0.4, -0.2) is 15.6 Å². The van der Waals surface area contributed by atoms with Crippen LogP contribution in [0.3, 0.4) is 0 Å². The van der Waals surface area contributed by atoms with E-state index in [2.05, 4.69) is 0 Å². The van der Waals surface area contributed by atoms with E-state index in [0.717, 1.165) is 22.5 Å². The number of carbonyl (C=O) groups is 1. The number of hydrogen-bond acceptors (Lipinski definition) is 2. The molecular formula is C12H12N2O2. The van der Waals surface area contributed by atoms with Crippen LogP contribution in [0.5, 0.6) is 0 Å². The van der Waals surface area contributed by atoms with Gasteiger partial charge in [0.15, 0.2) is 0 Å². The summed E-state index contributed by atoms with van der Waals surface area (Å²) in [4.78, 5) is 10.5. The number of hydrogen-bond donors (Lipinski definition) is 2. The summed E-state index contributed by atoms with van der Waals surface area (Å²) >= 11 is 0. The maximum Gasteiger partial charge on any atom is 0.328 e. The van der Waals surface area contributed by atoms with E-state index in [4.69, 9.17) is 10.8 Å². The van der Waals surface area contributed by atoms with E-state index >= 15 is 0 Å². The van der Waals surface area contributed by atoms with E-state index in [9.17, 15) is 4.79 Å². The van der Waals surface area contributed by atoms with Crippen molar-refractivity contribution in [1.82, 2.24) is 4.57 Å². The Morgan fingerprint density at radius 3 is 2.94 bits per heavy atom. The van der Waals surface area contributed by atoms with Crippen LogP contribution >= 0.6 is 0 Å². The number of carboxylic acid groups (broad SMARTS) is 1. The Balaban J connectivity index is 2.61. The van der Waals surface area contributed by atoms with Gasteiger partial charge in [0.2, 0.25) is 0 Å². The molecule has 0 aliphatic heterocycles. The second kappa shape index (κ2) is 3.73. The van der Waals surface area contributed by atoms with Crippen molar-refractivity contribution >= 4 is 28.6 Å². The lowest BCUT2D eigenvalue weighted by molar-refractivity contribution is -0.131. The van der Waals surface area contributed by atoms with E-state index < -0.39 is 5.97 Å². The summed E-state index contributed by atoms with van der Waals surface area (Å²) in [6.45, 7) is 0. The van der Waals surface area contributed by atoms with Crippen molar-refractivity contribution in [2.75, 3.05) is 5.73 Å². The molecule has 0 aliphatic carbocycles. The number of aliphatic carboxylic acids is 1. The Hall–Kier alpha value is -2.23. The summed E-state index contributed by atoms with van der Waals surface area (Å²) in [5.74, 6) is -0.957. The first-order valence-corrected chi connectivity index (χ1v) is 4.83. The van der Waals surface area contributed by atoms with E-state index in [1.807, 2.05) is 36.0 Å². The third kappa shape index (κ3) is 1.77. The van der Waals surface area contributed by atoms with Crippen LogP contribution < -0.4 is 5.73 Å². The first kappa shape index (κ1) is 10.3. The van der Waals surface area contributed by atoms with E-state index in [1.165, 1.54) is 0 Å². The largest absolute Gasteiger partial charge is 0.478 e. The molecule has 0 unspecified atom stereocenters. The maximum absolute atomic E-state index is 10.5. The van der Waals surface area contributed by atoms with Crippen LogP contribution in [0.2, 0.25) is 0 Å². The Labute approximate surface area is 92.6 Å². The van der Waals surface area contributed by atoms with Crippen LogP contribution in [0.15, 0.2) is 30.5 Å². The molecule has 82 valence electrons. The Kier molecular flexibility index (Phi) is 2.40. The molecule has 0 saturated carbocycles. The summed E-state index contributed by atoms with van der Waals surface area (Å²) in [6, 6.07) is 5.59. The van der Waals surface area contributed by atoms with Gasteiger partial charge in [-0.2, -0.15) is 0 Å². The van der Waals surface area contributed by atoms with E-state index in [-0.39, 0.29) is 0 Å². The predicted octanol–water partition coefficient (Wildman–Crippen LogP) is 1.86. The molecular weight excluding hydrogens is 204 g/mol.